The van der Waals surface area contributed by atoms with Crippen molar-refractivity contribution in [1.29, 1.82) is 0 Å². The van der Waals surface area contributed by atoms with E-state index in [-0.39, 0.29) is 17.1 Å². The molecule has 0 aliphatic rings. The molecule has 0 N–H and O–H groups in total. The summed E-state index contributed by atoms with van der Waals surface area (Å²) in [6.07, 6.45) is 0. The van der Waals surface area contributed by atoms with E-state index in [0.717, 1.165) is 0 Å². The smallest absolute Gasteiger partial charge is 0.0523 e. The van der Waals surface area contributed by atoms with Gasteiger partial charge in [0.2, 0.25) is 0 Å². The maximum atomic E-state index is 2.38. The third-order valence-corrected chi connectivity index (χ3v) is 4.68. The molecule has 0 aliphatic carbocycles. The van der Waals surface area contributed by atoms with Gasteiger partial charge in [-0.2, -0.15) is 11.3 Å². The summed E-state index contributed by atoms with van der Waals surface area (Å²) in [4.78, 5) is 2.20. The van der Waals surface area contributed by atoms with Gasteiger partial charge in [0.15, 0.2) is 0 Å². The molecule has 2 rings (SSSR count). The van der Waals surface area contributed by atoms with Gasteiger partial charge in [-0.3, -0.25) is 0 Å². The fourth-order valence-electron chi connectivity index (χ4n) is 1.76. The van der Waals surface area contributed by atoms with Crippen LogP contribution < -0.4 is 10.1 Å². The Hall–Kier alpha value is -0.764. The van der Waals surface area contributed by atoms with Gasteiger partial charge in [0.05, 0.1) is 8.07 Å². The van der Waals surface area contributed by atoms with E-state index < -0.39 is 8.07 Å². The monoisotopic (exact) mass is 301 g/mol. The van der Waals surface area contributed by atoms with Crippen LogP contribution in [0.5, 0.6) is 0 Å². The van der Waals surface area contributed by atoms with Crippen molar-refractivity contribution in [3.8, 4) is 0 Å². The summed E-state index contributed by atoms with van der Waals surface area (Å²) in [6.45, 7) is 7.15. The predicted molar refractivity (Wildman–Crippen MR) is 81.4 cm³/mol. The largest absolute Gasteiger partial charge is 0.748 e. The van der Waals surface area contributed by atoms with Gasteiger partial charge in [0.1, 0.15) is 0 Å². The molecule has 0 saturated carbocycles. The predicted octanol–water partition coefficient (Wildman–Crippen LogP) is 3.42. The van der Waals surface area contributed by atoms with Gasteiger partial charge in [0, 0.05) is 17.1 Å². The summed E-state index contributed by atoms with van der Waals surface area (Å²) in [6, 6.07) is 16.6. The Bertz CT molecular complexity index is 393. The van der Waals surface area contributed by atoms with E-state index in [4.69, 9.17) is 0 Å². The minimum absolute atomic E-state index is 0. The van der Waals surface area contributed by atoms with Crippen LogP contribution in [0.4, 0.5) is 5.69 Å². The molecule has 0 heterocycles. The van der Waals surface area contributed by atoms with Crippen LogP contribution >= 0.6 is 0 Å². The van der Waals surface area contributed by atoms with Crippen molar-refractivity contribution in [2.75, 3.05) is 19.0 Å². The number of anilines is 1. The third-order valence-electron chi connectivity index (χ3n) is 2.64. The molecule has 2 aromatic carbocycles. The second kappa shape index (κ2) is 7.62. The number of rotatable bonds is 2. The average Bonchev–Trinajstić information content (AvgIpc) is 2.92. The van der Waals surface area contributed by atoms with Crippen molar-refractivity contribution in [3.63, 3.8) is 0 Å². The second-order valence-corrected chi connectivity index (χ2v) is 10.5. The SMILES string of the molecule is CN(C)[c-]1cccc1[Si](C)(C)C.[Fe].[cH-]1[cH-][cH-][cH-][cH-]1. The third kappa shape index (κ3) is 5.26. The van der Waals surface area contributed by atoms with Crippen molar-refractivity contribution in [2.45, 2.75) is 19.6 Å². The normalized spacial score (nSPS) is 10.1. The number of hydrogen-bond donors (Lipinski definition) is 0. The molecule has 0 saturated heterocycles. The van der Waals surface area contributed by atoms with Gasteiger partial charge < -0.3 is 35.2 Å². The fraction of sp³-hybridized carbons (Fsp3) is 0.333. The van der Waals surface area contributed by atoms with Crippen LogP contribution in [0.1, 0.15) is 0 Å². The van der Waals surface area contributed by atoms with Crippen LogP contribution in [0.3, 0.4) is 0 Å². The molecule has 0 bridgehead atoms. The molecule has 0 spiro atoms. The Morgan fingerprint density at radius 1 is 1.00 bits per heavy atom. The first-order chi connectivity index (χ1) is 7.93. The Kier molecular flexibility index (Phi) is 7.30. The van der Waals surface area contributed by atoms with E-state index >= 15 is 0 Å². The summed E-state index contributed by atoms with van der Waals surface area (Å²) in [5.41, 5.74) is 1.40. The molecule has 0 fully saturated rings. The summed E-state index contributed by atoms with van der Waals surface area (Å²) in [5.74, 6) is 0. The van der Waals surface area contributed by atoms with E-state index in [2.05, 4.69) is 56.8 Å². The van der Waals surface area contributed by atoms with Crippen molar-refractivity contribution in [1.82, 2.24) is 0 Å². The van der Waals surface area contributed by atoms with Crippen LogP contribution in [-0.4, -0.2) is 22.2 Å². The van der Waals surface area contributed by atoms with E-state index in [1.165, 1.54) is 5.69 Å². The fourth-order valence-corrected chi connectivity index (χ4v) is 3.43. The van der Waals surface area contributed by atoms with Gasteiger partial charge in [-0.25, -0.2) is 12.1 Å². The second-order valence-electron chi connectivity index (χ2n) is 5.43. The van der Waals surface area contributed by atoms with E-state index in [1.807, 2.05) is 30.3 Å². The van der Waals surface area contributed by atoms with Gasteiger partial charge >= 0.3 is 0 Å². The number of hydrogen-bond acceptors (Lipinski definition) is 1. The Morgan fingerprint density at radius 3 is 1.72 bits per heavy atom. The van der Waals surface area contributed by atoms with Crippen molar-refractivity contribution in [3.05, 3.63) is 48.5 Å². The zero-order valence-corrected chi connectivity index (χ0v) is 14.0. The first kappa shape index (κ1) is 17.2. The van der Waals surface area contributed by atoms with Crippen LogP contribution in [0.2, 0.25) is 19.6 Å². The maximum Gasteiger partial charge on any atom is 0.0523 e. The van der Waals surface area contributed by atoms with Gasteiger partial charge in [-0.1, -0.05) is 25.3 Å². The van der Waals surface area contributed by atoms with Gasteiger partial charge in [-0.05, 0) is 14.1 Å². The first-order valence-corrected chi connectivity index (χ1v) is 9.53. The summed E-state index contributed by atoms with van der Waals surface area (Å²) >= 11 is 0. The van der Waals surface area contributed by atoms with E-state index in [1.54, 1.807) is 5.19 Å². The molecule has 0 aromatic heterocycles. The molecule has 0 amide bonds. The topological polar surface area (TPSA) is 3.24 Å². The van der Waals surface area contributed by atoms with E-state index in [9.17, 15) is 0 Å². The molecule has 3 heteroatoms. The van der Waals surface area contributed by atoms with E-state index in [0.29, 0.717) is 0 Å². The molecule has 0 radical (unpaired) electrons. The molecular weight excluding hydrogens is 278 g/mol. The Morgan fingerprint density at radius 2 is 1.44 bits per heavy atom. The summed E-state index contributed by atoms with van der Waals surface area (Å²) in [7, 11) is 3.09. The van der Waals surface area contributed by atoms with Gasteiger partial charge in [-0.15, -0.1) is 0 Å². The minimum Gasteiger partial charge on any atom is -0.748 e. The maximum absolute atomic E-state index is 2.38. The molecule has 18 heavy (non-hydrogen) atoms. The Balaban J connectivity index is 0.000000405. The molecule has 0 atom stereocenters. The minimum atomic E-state index is -1.13. The molecule has 106 valence electrons. The molecule has 1 nitrogen and oxygen atoms in total. The van der Waals surface area contributed by atoms with Crippen LogP contribution in [0.15, 0.2) is 48.5 Å². The zero-order chi connectivity index (χ0) is 12.9. The van der Waals surface area contributed by atoms with Crippen LogP contribution in [-0.2, 0) is 17.1 Å². The van der Waals surface area contributed by atoms with Crippen molar-refractivity contribution < 1.29 is 17.1 Å². The van der Waals surface area contributed by atoms with Crippen LogP contribution in [0, 0.1) is 0 Å². The number of nitrogens with zero attached hydrogens (tertiary/aromatic N) is 1. The van der Waals surface area contributed by atoms with Gasteiger partial charge in [0.25, 0.3) is 0 Å². The van der Waals surface area contributed by atoms with Crippen molar-refractivity contribution >= 4 is 18.9 Å². The molecule has 0 aliphatic heterocycles. The zero-order valence-electron chi connectivity index (χ0n) is 11.9. The molecular formula is C15H23FeNSi-6. The first-order valence-electron chi connectivity index (χ1n) is 6.03. The molecule has 2 aromatic rings. The summed E-state index contributed by atoms with van der Waals surface area (Å²) < 4.78 is 0. The standard InChI is InChI=1S/C10H18NSi.C5H5.Fe/c1-11(2)9-7-6-8-10(9)12(3,4)5;1-2-4-5-3-1;/h6-8H,1-5H3;1-5H;/q-1;-5;. The quantitative estimate of drug-likeness (QED) is 0.607. The van der Waals surface area contributed by atoms with Crippen LogP contribution in [0.25, 0.3) is 0 Å². The molecule has 0 unspecified atom stereocenters. The Labute approximate surface area is 123 Å². The average molecular weight is 301 g/mol. The van der Waals surface area contributed by atoms with Crippen molar-refractivity contribution in [2.24, 2.45) is 0 Å². The summed E-state index contributed by atoms with van der Waals surface area (Å²) in [5, 5.41) is 1.56.